The first kappa shape index (κ1) is 18.8. The molecule has 0 bridgehead atoms. The van der Waals surface area contributed by atoms with E-state index in [0.717, 1.165) is 31.0 Å². The van der Waals surface area contributed by atoms with Crippen molar-refractivity contribution in [2.75, 3.05) is 37.4 Å². The highest BCUT2D eigenvalue weighted by Crippen LogP contribution is 2.21. The molecular formula is C19H26N4O2S. The lowest BCUT2D eigenvalue weighted by molar-refractivity contribution is -0.0707. The largest absolute Gasteiger partial charge is 0.378 e. The van der Waals surface area contributed by atoms with Gasteiger partial charge in [0.2, 0.25) is 0 Å². The molecule has 0 unspecified atom stereocenters. The van der Waals surface area contributed by atoms with Crippen LogP contribution in [-0.2, 0) is 11.3 Å². The zero-order valence-electron chi connectivity index (χ0n) is 15.7. The molecule has 0 spiro atoms. The number of nitrogens with one attached hydrogen (secondary N) is 1. The van der Waals surface area contributed by atoms with Crippen molar-refractivity contribution in [3.63, 3.8) is 0 Å². The van der Waals surface area contributed by atoms with Crippen molar-refractivity contribution in [1.82, 2.24) is 9.88 Å². The van der Waals surface area contributed by atoms with Crippen LogP contribution in [0.4, 0.5) is 10.8 Å². The van der Waals surface area contributed by atoms with Gasteiger partial charge in [-0.3, -0.25) is 15.0 Å². The Morgan fingerprint density at radius 2 is 2.08 bits per heavy atom. The topological polar surface area (TPSA) is 57.7 Å². The molecule has 3 rings (SSSR count). The zero-order valence-corrected chi connectivity index (χ0v) is 16.5. The number of thiazole rings is 1. The van der Waals surface area contributed by atoms with Crippen LogP contribution in [-0.4, -0.2) is 55.2 Å². The van der Waals surface area contributed by atoms with Gasteiger partial charge in [-0.1, -0.05) is 6.07 Å². The number of hydrogen-bond acceptors (Lipinski definition) is 6. The van der Waals surface area contributed by atoms with Gasteiger partial charge in [0, 0.05) is 50.4 Å². The quantitative estimate of drug-likeness (QED) is 0.872. The van der Waals surface area contributed by atoms with Crippen LogP contribution in [0.3, 0.4) is 0 Å². The van der Waals surface area contributed by atoms with E-state index < -0.39 is 0 Å². The molecule has 140 valence electrons. The van der Waals surface area contributed by atoms with E-state index in [1.165, 1.54) is 11.3 Å². The number of rotatable bonds is 5. The van der Waals surface area contributed by atoms with Crippen LogP contribution in [0.25, 0.3) is 0 Å². The SMILES string of the molecule is C[C@@H]1CN(Cc2csc(NC(=O)c3cccc(N(C)C)c3)n2)C[C@@H](C)O1. The fraction of sp³-hybridized carbons (Fsp3) is 0.474. The number of aromatic nitrogens is 1. The second-order valence-corrected chi connectivity index (χ2v) is 7.85. The molecule has 26 heavy (non-hydrogen) atoms. The Balaban J connectivity index is 1.61. The van der Waals surface area contributed by atoms with Gasteiger partial charge in [0.25, 0.3) is 5.91 Å². The molecule has 1 amide bonds. The number of anilines is 2. The summed E-state index contributed by atoms with van der Waals surface area (Å²) in [6.45, 7) is 6.77. The third-order valence-electron chi connectivity index (χ3n) is 4.28. The minimum Gasteiger partial charge on any atom is -0.378 e. The maximum atomic E-state index is 12.5. The summed E-state index contributed by atoms with van der Waals surface area (Å²) in [5, 5.41) is 5.55. The van der Waals surface area contributed by atoms with E-state index >= 15 is 0 Å². The summed E-state index contributed by atoms with van der Waals surface area (Å²) in [5.41, 5.74) is 2.60. The number of ether oxygens (including phenoxy) is 1. The molecule has 2 aromatic rings. The number of amides is 1. The Morgan fingerprint density at radius 3 is 2.77 bits per heavy atom. The van der Waals surface area contributed by atoms with Gasteiger partial charge in [0.05, 0.1) is 17.9 Å². The standard InChI is InChI=1S/C19H26N4O2S/c1-13-9-23(10-14(2)25-13)11-16-12-26-19(20-16)21-18(24)15-6-5-7-17(8-15)22(3)4/h5-8,12-14H,9-11H2,1-4H3,(H,20,21,24)/t13-,14-/m1/s1. The molecule has 1 fully saturated rings. The van der Waals surface area contributed by atoms with Crippen molar-refractivity contribution in [1.29, 1.82) is 0 Å². The van der Waals surface area contributed by atoms with Crippen LogP contribution in [0.1, 0.15) is 29.9 Å². The molecule has 1 aliphatic heterocycles. The minimum absolute atomic E-state index is 0.136. The van der Waals surface area contributed by atoms with Crippen molar-refractivity contribution >= 4 is 28.1 Å². The van der Waals surface area contributed by atoms with Gasteiger partial charge in [-0.15, -0.1) is 11.3 Å². The Bertz CT molecular complexity index is 752. The first-order valence-corrected chi connectivity index (χ1v) is 9.69. The van der Waals surface area contributed by atoms with Crippen molar-refractivity contribution in [3.8, 4) is 0 Å². The molecule has 6 nitrogen and oxygen atoms in total. The van der Waals surface area contributed by atoms with Gasteiger partial charge in [-0.05, 0) is 32.0 Å². The van der Waals surface area contributed by atoms with E-state index in [1.54, 1.807) is 0 Å². The maximum absolute atomic E-state index is 12.5. The Kier molecular flexibility index (Phi) is 5.90. The van der Waals surface area contributed by atoms with Crippen LogP contribution in [0, 0.1) is 0 Å². The summed E-state index contributed by atoms with van der Waals surface area (Å²) in [5.74, 6) is -0.136. The Hall–Kier alpha value is -1.96. The van der Waals surface area contributed by atoms with E-state index in [1.807, 2.05) is 48.6 Å². The fourth-order valence-electron chi connectivity index (χ4n) is 3.17. The van der Waals surface area contributed by atoms with Gasteiger partial charge < -0.3 is 9.64 Å². The van der Waals surface area contributed by atoms with Crippen molar-refractivity contribution in [3.05, 3.63) is 40.9 Å². The second-order valence-electron chi connectivity index (χ2n) is 6.99. The molecule has 0 saturated carbocycles. The molecule has 1 saturated heterocycles. The van der Waals surface area contributed by atoms with E-state index in [0.29, 0.717) is 10.7 Å². The van der Waals surface area contributed by atoms with Gasteiger partial charge in [0.1, 0.15) is 0 Å². The molecule has 2 heterocycles. The summed E-state index contributed by atoms with van der Waals surface area (Å²) in [7, 11) is 3.91. The molecule has 1 aromatic heterocycles. The first-order chi connectivity index (χ1) is 12.4. The normalized spacial score (nSPS) is 20.8. The minimum atomic E-state index is -0.136. The average molecular weight is 375 g/mol. The van der Waals surface area contributed by atoms with Crippen LogP contribution >= 0.6 is 11.3 Å². The van der Waals surface area contributed by atoms with E-state index in [2.05, 4.69) is 29.0 Å². The Morgan fingerprint density at radius 1 is 1.35 bits per heavy atom. The molecule has 1 aliphatic rings. The second kappa shape index (κ2) is 8.16. The highest BCUT2D eigenvalue weighted by atomic mass is 32.1. The molecule has 7 heteroatoms. The number of nitrogens with zero attached hydrogens (tertiary/aromatic N) is 3. The lowest BCUT2D eigenvalue weighted by Crippen LogP contribution is -2.44. The van der Waals surface area contributed by atoms with Gasteiger partial charge in [0.15, 0.2) is 5.13 Å². The van der Waals surface area contributed by atoms with Crippen LogP contribution in [0.2, 0.25) is 0 Å². The van der Waals surface area contributed by atoms with Crippen LogP contribution in [0.15, 0.2) is 29.6 Å². The summed E-state index contributed by atoms with van der Waals surface area (Å²) in [4.78, 5) is 21.4. The lowest BCUT2D eigenvalue weighted by atomic mass is 10.2. The monoisotopic (exact) mass is 374 g/mol. The third kappa shape index (κ3) is 4.81. The molecule has 0 radical (unpaired) electrons. The zero-order chi connectivity index (χ0) is 18.7. The molecule has 1 N–H and O–H groups in total. The smallest absolute Gasteiger partial charge is 0.257 e. The van der Waals surface area contributed by atoms with Crippen molar-refractivity contribution < 1.29 is 9.53 Å². The highest BCUT2D eigenvalue weighted by molar-refractivity contribution is 7.13. The van der Waals surface area contributed by atoms with Crippen LogP contribution < -0.4 is 10.2 Å². The van der Waals surface area contributed by atoms with Crippen molar-refractivity contribution in [2.45, 2.75) is 32.6 Å². The molecule has 1 aromatic carbocycles. The summed E-state index contributed by atoms with van der Waals surface area (Å²) < 4.78 is 5.77. The lowest BCUT2D eigenvalue weighted by Gasteiger charge is -2.34. The number of carbonyl (C=O) groups excluding carboxylic acids is 1. The maximum Gasteiger partial charge on any atom is 0.257 e. The summed E-state index contributed by atoms with van der Waals surface area (Å²) in [6.07, 6.45) is 0.473. The van der Waals surface area contributed by atoms with Gasteiger partial charge in [-0.2, -0.15) is 0 Å². The molecular weight excluding hydrogens is 348 g/mol. The number of morpholine rings is 1. The predicted molar refractivity (Wildman–Crippen MR) is 106 cm³/mol. The third-order valence-corrected chi connectivity index (χ3v) is 5.08. The average Bonchev–Trinajstić information content (AvgIpc) is 3.00. The first-order valence-electron chi connectivity index (χ1n) is 8.81. The number of benzene rings is 1. The summed E-state index contributed by atoms with van der Waals surface area (Å²) in [6, 6.07) is 7.55. The summed E-state index contributed by atoms with van der Waals surface area (Å²) >= 11 is 1.46. The van der Waals surface area contributed by atoms with Crippen molar-refractivity contribution in [2.24, 2.45) is 0 Å². The number of carbonyl (C=O) groups is 1. The molecule has 2 atom stereocenters. The number of hydrogen-bond donors (Lipinski definition) is 1. The fourth-order valence-corrected chi connectivity index (χ4v) is 3.87. The van der Waals surface area contributed by atoms with E-state index in [4.69, 9.17) is 4.74 Å². The molecule has 0 aliphatic carbocycles. The van der Waals surface area contributed by atoms with Gasteiger partial charge >= 0.3 is 0 Å². The van der Waals surface area contributed by atoms with E-state index in [-0.39, 0.29) is 18.1 Å². The Labute approximate surface area is 158 Å². The highest BCUT2D eigenvalue weighted by Gasteiger charge is 2.22. The van der Waals surface area contributed by atoms with E-state index in [9.17, 15) is 4.79 Å². The van der Waals surface area contributed by atoms with Crippen LogP contribution in [0.5, 0.6) is 0 Å². The predicted octanol–water partition coefficient (Wildman–Crippen LogP) is 3.07. The van der Waals surface area contributed by atoms with Gasteiger partial charge in [-0.25, -0.2) is 4.98 Å².